The number of aromatic amines is 1. The summed E-state index contributed by atoms with van der Waals surface area (Å²) in [7, 11) is 0. The Hall–Kier alpha value is -3.06. The first-order valence-corrected chi connectivity index (χ1v) is 7.09. The molecule has 23 heavy (non-hydrogen) atoms. The van der Waals surface area contributed by atoms with Gasteiger partial charge in [0.25, 0.3) is 0 Å². The Bertz CT molecular complexity index is 862. The molecule has 0 spiro atoms. The topological polar surface area (TPSA) is 101 Å². The molecule has 0 saturated heterocycles. The molecule has 0 aliphatic carbocycles. The Labute approximate surface area is 132 Å². The summed E-state index contributed by atoms with van der Waals surface area (Å²) in [5.74, 6) is 6.50. The monoisotopic (exact) mass is 308 g/mol. The summed E-state index contributed by atoms with van der Waals surface area (Å²) >= 11 is 0. The van der Waals surface area contributed by atoms with E-state index < -0.39 is 5.69 Å². The number of pyridine rings is 1. The van der Waals surface area contributed by atoms with Gasteiger partial charge < -0.3 is 0 Å². The van der Waals surface area contributed by atoms with Crippen LogP contribution in [0.3, 0.4) is 0 Å². The second-order valence-corrected chi connectivity index (χ2v) is 5.13. The van der Waals surface area contributed by atoms with E-state index in [-0.39, 0.29) is 5.95 Å². The van der Waals surface area contributed by atoms with Crippen LogP contribution in [-0.2, 0) is 6.54 Å². The van der Waals surface area contributed by atoms with Crippen LogP contribution in [0.1, 0.15) is 11.1 Å². The molecule has 0 unspecified atom stereocenters. The normalized spacial score (nSPS) is 10.5. The second kappa shape index (κ2) is 6.37. The fourth-order valence-corrected chi connectivity index (χ4v) is 2.14. The Kier molecular flexibility index (Phi) is 4.11. The number of nitrogens with one attached hydrogen (secondary N) is 1. The molecule has 116 valence electrons. The molecule has 0 aliphatic rings. The third-order valence-corrected chi connectivity index (χ3v) is 3.25. The van der Waals surface area contributed by atoms with Gasteiger partial charge in [-0.2, -0.15) is 9.97 Å². The number of hydrogen-bond donors (Lipinski definition) is 2. The van der Waals surface area contributed by atoms with Crippen LogP contribution in [0.25, 0.3) is 11.5 Å². The van der Waals surface area contributed by atoms with Gasteiger partial charge in [-0.05, 0) is 30.2 Å². The highest BCUT2D eigenvalue weighted by Crippen LogP contribution is 2.14. The summed E-state index contributed by atoms with van der Waals surface area (Å²) in [6.45, 7) is 2.33. The van der Waals surface area contributed by atoms with Gasteiger partial charge in [0.1, 0.15) is 5.69 Å². The van der Waals surface area contributed by atoms with Gasteiger partial charge in [-0.1, -0.05) is 30.3 Å². The van der Waals surface area contributed by atoms with Gasteiger partial charge in [0.05, 0.1) is 6.54 Å². The number of nitrogens with zero attached hydrogens (tertiary/aromatic N) is 4. The van der Waals surface area contributed by atoms with Crippen LogP contribution in [0.5, 0.6) is 0 Å². The quantitative estimate of drug-likeness (QED) is 0.558. The van der Waals surface area contributed by atoms with Crippen LogP contribution in [-0.4, -0.2) is 19.9 Å². The van der Waals surface area contributed by atoms with Crippen LogP contribution < -0.4 is 16.5 Å². The molecular formula is C16H16N6O. The van der Waals surface area contributed by atoms with E-state index in [0.29, 0.717) is 18.1 Å². The number of hydrazine groups is 1. The standard InChI is InChI=1S/C16H16N6O/c1-11-7-8-18-13(9-11)14-19-15(21-16(23)20-14)22(17)10-12-5-3-2-4-6-12/h2-9H,10,17H2,1H3,(H,19,20,21,23). The van der Waals surface area contributed by atoms with Crippen LogP contribution in [0.2, 0.25) is 0 Å². The van der Waals surface area contributed by atoms with E-state index in [1.165, 1.54) is 5.01 Å². The van der Waals surface area contributed by atoms with Gasteiger partial charge in [-0.15, -0.1) is 0 Å². The van der Waals surface area contributed by atoms with Gasteiger partial charge in [0, 0.05) is 6.20 Å². The van der Waals surface area contributed by atoms with Crippen molar-refractivity contribution in [1.82, 2.24) is 19.9 Å². The number of aromatic nitrogens is 4. The highest BCUT2D eigenvalue weighted by atomic mass is 16.1. The number of aryl methyl sites for hydroxylation is 1. The van der Waals surface area contributed by atoms with Gasteiger partial charge in [-0.3, -0.25) is 15.0 Å². The molecule has 0 amide bonds. The minimum atomic E-state index is -0.517. The maximum absolute atomic E-state index is 11.8. The summed E-state index contributed by atoms with van der Waals surface area (Å²) in [4.78, 5) is 26.8. The molecule has 7 heteroatoms. The Balaban J connectivity index is 1.93. The first-order valence-electron chi connectivity index (χ1n) is 7.09. The predicted molar refractivity (Wildman–Crippen MR) is 87.4 cm³/mol. The lowest BCUT2D eigenvalue weighted by atomic mass is 10.2. The van der Waals surface area contributed by atoms with Crippen molar-refractivity contribution in [2.45, 2.75) is 13.5 Å². The fourth-order valence-electron chi connectivity index (χ4n) is 2.14. The zero-order valence-corrected chi connectivity index (χ0v) is 12.6. The highest BCUT2D eigenvalue weighted by Gasteiger charge is 2.11. The van der Waals surface area contributed by atoms with Crippen LogP contribution in [0.4, 0.5) is 5.95 Å². The first-order chi connectivity index (χ1) is 11.1. The summed E-state index contributed by atoms with van der Waals surface area (Å²) < 4.78 is 0. The molecule has 0 radical (unpaired) electrons. The molecule has 2 aromatic heterocycles. The molecule has 1 aromatic carbocycles. The van der Waals surface area contributed by atoms with Crippen molar-refractivity contribution < 1.29 is 0 Å². The zero-order valence-electron chi connectivity index (χ0n) is 12.6. The van der Waals surface area contributed by atoms with Crippen molar-refractivity contribution in [2.24, 2.45) is 5.84 Å². The molecule has 3 aromatic rings. The molecule has 0 bridgehead atoms. The lowest BCUT2D eigenvalue weighted by Gasteiger charge is -2.16. The lowest BCUT2D eigenvalue weighted by molar-refractivity contribution is 0.790. The summed E-state index contributed by atoms with van der Waals surface area (Å²) in [6.07, 6.45) is 1.66. The SMILES string of the molecule is Cc1ccnc(-c2nc(N(N)Cc3ccccc3)nc(=O)[nH]2)c1. The summed E-state index contributed by atoms with van der Waals surface area (Å²) in [5.41, 5.74) is 2.06. The number of benzene rings is 1. The average Bonchev–Trinajstić information content (AvgIpc) is 2.55. The van der Waals surface area contributed by atoms with Crippen molar-refractivity contribution in [3.63, 3.8) is 0 Å². The number of H-pyrrole nitrogens is 1. The van der Waals surface area contributed by atoms with E-state index in [0.717, 1.165) is 11.1 Å². The largest absolute Gasteiger partial charge is 0.349 e. The van der Waals surface area contributed by atoms with E-state index in [4.69, 9.17) is 5.84 Å². The lowest BCUT2D eigenvalue weighted by Crippen LogP contribution is -2.34. The third-order valence-electron chi connectivity index (χ3n) is 3.25. The van der Waals surface area contributed by atoms with Crippen LogP contribution in [0, 0.1) is 6.92 Å². The maximum Gasteiger partial charge on any atom is 0.349 e. The second-order valence-electron chi connectivity index (χ2n) is 5.13. The fraction of sp³-hybridized carbons (Fsp3) is 0.125. The van der Waals surface area contributed by atoms with E-state index in [9.17, 15) is 4.79 Å². The van der Waals surface area contributed by atoms with Gasteiger partial charge in [-0.25, -0.2) is 10.6 Å². The van der Waals surface area contributed by atoms with Gasteiger partial charge >= 0.3 is 5.69 Å². The molecule has 7 nitrogen and oxygen atoms in total. The molecule has 0 aliphatic heterocycles. The average molecular weight is 308 g/mol. The van der Waals surface area contributed by atoms with E-state index in [1.807, 2.05) is 49.4 Å². The van der Waals surface area contributed by atoms with E-state index >= 15 is 0 Å². The van der Waals surface area contributed by atoms with E-state index in [2.05, 4.69) is 19.9 Å². The van der Waals surface area contributed by atoms with Gasteiger partial charge in [0.2, 0.25) is 5.95 Å². The molecular weight excluding hydrogens is 292 g/mol. The Morgan fingerprint density at radius 2 is 1.96 bits per heavy atom. The van der Waals surface area contributed by atoms with Crippen molar-refractivity contribution >= 4 is 5.95 Å². The van der Waals surface area contributed by atoms with E-state index in [1.54, 1.807) is 6.20 Å². The molecule has 0 fully saturated rings. The minimum absolute atomic E-state index is 0.149. The van der Waals surface area contributed by atoms with Crippen molar-refractivity contribution in [3.8, 4) is 11.5 Å². The van der Waals surface area contributed by atoms with Crippen molar-refractivity contribution in [3.05, 3.63) is 70.3 Å². The number of rotatable bonds is 4. The summed E-state index contributed by atoms with van der Waals surface area (Å²) in [6, 6.07) is 13.4. The smallest absolute Gasteiger partial charge is 0.288 e. The van der Waals surface area contributed by atoms with Crippen LogP contribution in [0.15, 0.2) is 53.5 Å². The molecule has 0 atom stereocenters. The third kappa shape index (κ3) is 3.58. The maximum atomic E-state index is 11.8. The number of anilines is 1. The molecule has 0 saturated carbocycles. The molecule has 2 heterocycles. The highest BCUT2D eigenvalue weighted by molar-refractivity contribution is 5.51. The van der Waals surface area contributed by atoms with Crippen molar-refractivity contribution in [2.75, 3.05) is 5.01 Å². The first kappa shape index (κ1) is 14.9. The molecule has 3 N–H and O–H groups in total. The molecule has 3 rings (SSSR count). The number of hydrogen-bond acceptors (Lipinski definition) is 6. The van der Waals surface area contributed by atoms with Crippen LogP contribution >= 0.6 is 0 Å². The Morgan fingerprint density at radius 3 is 2.70 bits per heavy atom. The Morgan fingerprint density at radius 1 is 1.17 bits per heavy atom. The predicted octanol–water partition coefficient (Wildman–Crippen LogP) is 1.42. The summed E-state index contributed by atoms with van der Waals surface area (Å²) in [5, 5.41) is 1.34. The van der Waals surface area contributed by atoms with Crippen molar-refractivity contribution in [1.29, 1.82) is 0 Å². The minimum Gasteiger partial charge on any atom is -0.288 e. The number of nitrogens with two attached hydrogens (primary N) is 1. The van der Waals surface area contributed by atoms with Gasteiger partial charge in [0.15, 0.2) is 5.82 Å². The zero-order chi connectivity index (χ0) is 16.2.